The molecule has 0 radical (unpaired) electrons. The number of nitrogens with one attached hydrogen (secondary N) is 1. The van der Waals surface area contributed by atoms with Gasteiger partial charge in [-0.05, 0) is 43.3 Å². The lowest BCUT2D eigenvalue weighted by atomic mass is 10.1. The number of nitrogens with zero attached hydrogens (tertiary/aromatic N) is 1. The summed E-state index contributed by atoms with van der Waals surface area (Å²) in [7, 11) is 0. The third-order valence-corrected chi connectivity index (χ3v) is 3.99. The zero-order valence-electron chi connectivity index (χ0n) is 13.3. The first-order valence-electron chi connectivity index (χ1n) is 7.79. The number of carbonyl (C=O) groups is 1. The zero-order chi connectivity index (χ0) is 17.1. The van der Waals surface area contributed by atoms with Crippen LogP contribution >= 0.6 is 0 Å². The number of piperazine rings is 1. The molecule has 1 amide bonds. The molecule has 4 nitrogen and oxygen atoms in total. The van der Waals surface area contributed by atoms with Crippen molar-refractivity contribution in [1.29, 1.82) is 0 Å². The molecule has 2 aromatic carbocycles. The molecule has 0 spiro atoms. The van der Waals surface area contributed by atoms with Gasteiger partial charge in [-0.2, -0.15) is 0 Å². The lowest BCUT2D eigenvalue weighted by Gasteiger charge is -2.34. The predicted octanol–water partition coefficient (Wildman–Crippen LogP) is 3.19. The topological polar surface area (TPSA) is 41.6 Å². The van der Waals surface area contributed by atoms with Crippen LogP contribution in [0.25, 0.3) is 0 Å². The highest BCUT2D eigenvalue weighted by Crippen LogP contribution is 2.25. The van der Waals surface area contributed by atoms with Crippen LogP contribution in [0.15, 0.2) is 42.5 Å². The monoisotopic (exact) mass is 332 g/mol. The molecule has 126 valence electrons. The van der Waals surface area contributed by atoms with Crippen LogP contribution in [-0.4, -0.2) is 36.5 Å². The van der Waals surface area contributed by atoms with Gasteiger partial charge in [-0.15, -0.1) is 0 Å². The summed E-state index contributed by atoms with van der Waals surface area (Å²) in [6.07, 6.45) is 0. The minimum absolute atomic E-state index is 0.0384. The maximum atomic E-state index is 13.6. The number of benzene rings is 2. The molecule has 1 aliphatic heterocycles. The van der Waals surface area contributed by atoms with Crippen LogP contribution < -0.4 is 10.1 Å². The molecule has 24 heavy (non-hydrogen) atoms. The molecule has 2 aromatic rings. The summed E-state index contributed by atoms with van der Waals surface area (Å²) < 4.78 is 31.9. The fourth-order valence-electron chi connectivity index (χ4n) is 2.66. The number of carbonyl (C=O) groups excluding carboxylic acids is 1. The van der Waals surface area contributed by atoms with Gasteiger partial charge in [0.2, 0.25) is 0 Å². The summed E-state index contributed by atoms with van der Waals surface area (Å²) in [5.74, 6) is -1.16. The lowest BCUT2D eigenvalue weighted by molar-refractivity contribution is 0.0655. The minimum Gasteiger partial charge on any atom is -0.454 e. The smallest absolute Gasteiger partial charge is 0.254 e. The molecule has 1 fully saturated rings. The summed E-state index contributed by atoms with van der Waals surface area (Å²) in [5.41, 5.74) is 0.552. The van der Waals surface area contributed by atoms with Crippen LogP contribution in [0, 0.1) is 11.6 Å². The van der Waals surface area contributed by atoms with Crippen LogP contribution in [0.2, 0.25) is 0 Å². The molecule has 6 heteroatoms. The molecule has 0 bridgehead atoms. The Bertz CT molecular complexity index is 734. The molecular formula is C18H18F2N2O2. The van der Waals surface area contributed by atoms with Crippen LogP contribution in [0.3, 0.4) is 0 Å². The summed E-state index contributed by atoms with van der Waals surface area (Å²) in [6.45, 7) is 4.22. The first-order chi connectivity index (χ1) is 11.5. The molecule has 0 aromatic heterocycles. The van der Waals surface area contributed by atoms with Crippen molar-refractivity contribution >= 4 is 5.91 Å². The average molecular weight is 332 g/mol. The van der Waals surface area contributed by atoms with Gasteiger partial charge in [0.1, 0.15) is 11.6 Å². The van der Waals surface area contributed by atoms with Crippen molar-refractivity contribution in [3.63, 3.8) is 0 Å². The summed E-state index contributed by atoms with van der Waals surface area (Å²) in [6, 6.07) is 9.75. The molecule has 0 aliphatic carbocycles. The van der Waals surface area contributed by atoms with Crippen molar-refractivity contribution in [3.05, 3.63) is 59.7 Å². The number of amides is 1. The molecule has 0 saturated carbocycles. The highest BCUT2D eigenvalue weighted by Gasteiger charge is 2.23. The van der Waals surface area contributed by atoms with E-state index in [1.54, 1.807) is 24.3 Å². The number of halogens is 2. The second kappa shape index (κ2) is 6.97. The van der Waals surface area contributed by atoms with Gasteiger partial charge in [0.25, 0.3) is 5.91 Å². The third-order valence-electron chi connectivity index (χ3n) is 3.99. The SMILES string of the molecule is CC1CNCCN1C(=O)c1ccc(Oc2ccc(F)cc2F)cc1. The van der Waals surface area contributed by atoms with Gasteiger partial charge in [0.05, 0.1) is 0 Å². The van der Waals surface area contributed by atoms with Crippen molar-refractivity contribution in [2.45, 2.75) is 13.0 Å². The molecule has 1 N–H and O–H groups in total. The second-order valence-electron chi connectivity index (χ2n) is 5.75. The Morgan fingerprint density at radius 2 is 1.96 bits per heavy atom. The van der Waals surface area contributed by atoms with Crippen molar-refractivity contribution in [3.8, 4) is 11.5 Å². The third kappa shape index (κ3) is 3.54. The van der Waals surface area contributed by atoms with Gasteiger partial charge in [-0.25, -0.2) is 8.78 Å². The highest BCUT2D eigenvalue weighted by atomic mass is 19.1. The maximum Gasteiger partial charge on any atom is 0.254 e. The van der Waals surface area contributed by atoms with Crippen LogP contribution in [0.4, 0.5) is 8.78 Å². The average Bonchev–Trinajstić information content (AvgIpc) is 2.58. The normalized spacial score (nSPS) is 17.6. The van der Waals surface area contributed by atoms with Crippen molar-refractivity contribution in [2.24, 2.45) is 0 Å². The fourth-order valence-corrected chi connectivity index (χ4v) is 2.66. The Labute approximate surface area is 139 Å². The van der Waals surface area contributed by atoms with Gasteiger partial charge in [-0.1, -0.05) is 0 Å². The van der Waals surface area contributed by atoms with Crippen LogP contribution in [0.1, 0.15) is 17.3 Å². The van der Waals surface area contributed by atoms with Crippen molar-refractivity contribution in [2.75, 3.05) is 19.6 Å². The van der Waals surface area contributed by atoms with E-state index in [1.165, 1.54) is 6.07 Å². The lowest BCUT2D eigenvalue weighted by Crippen LogP contribution is -2.52. The molecule has 1 aliphatic rings. The van der Waals surface area contributed by atoms with Crippen molar-refractivity contribution < 1.29 is 18.3 Å². The standard InChI is InChI=1S/C18H18F2N2O2/c1-12-11-21-8-9-22(12)18(23)13-2-5-15(6-3-13)24-17-7-4-14(19)10-16(17)20/h2-7,10,12,21H,8-9,11H2,1H3. The fraction of sp³-hybridized carbons (Fsp3) is 0.278. The van der Waals surface area contributed by atoms with E-state index in [9.17, 15) is 13.6 Å². The van der Waals surface area contributed by atoms with Crippen LogP contribution in [0.5, 0.6) is 11.5 Å². The van der Waals surface area contributed by atoms with Gasteiger partial charge < -0.3 is 15.0 Å². The van der Waals surface area contributed by atoms with Gasteiger partial charge in [0.15, 0.2) is 11.6 Å². The van der Waals surface area contributed by atoms with Gasteiger partial charge in [0, 0.05) is 37.3 Å². The van der Waals surface area contributed by atoms with E-state index >= 15 is 0 Å². The Morgan fingerprint density at radius 1 is 1.21 bits per heavy atom. The highest BCUT2D eigenvalue weighted by molar-refractivity contribution is 5.94. The van der Waals surface area contributed by atoms with E-state index < -0.39 is 11.6 Å². The Morgan fingerprint density at radius 3 is 2.62 bits per heavy atom. The first-order valence-corrected chi connectivity index (χ1v) is 7.79. The van der Waals surface area contributed by atoms with Gasteiger partial charge >= 0.3 is 0 Å². The van der Waals surface area contributed by atoms with E-state index in [1.807, 2.05) is 11.8 Å². The Kier molecular flexibility index (Phi) is 4.76. The molecule has 1 saturated heterocycles. The molecular weight excluding hydrogens is 314 g/mol. The summed E-state index contributed by atoms with van der Waals surface area (Å²) in [5, 5.41) is 3.24. The number of hydrogen-bond acceptors (Lipinski definition) is 3. The minimum atomic E-state index is -0.773. The summed E-state index contributed by atoms with van der Waals surface area (Å²) in [4.78, 5) is 14.4. The molecule has 3 rings (SSSR count). The molecule has 1 atom stereocenters. The first kappa shape index (κ1) is 16.4. The van der Waals surface area contributed by atoms with E-state index in [4.69, 9.17) is 4.74 Å². The van der Waals surface area contributed by atoms with E-state index in [0.717, 1.165) is 25.2 Å². The van der Waals surface area contributed by atoms with Crippen molar-refractivity contribution in [1.82, 2.24) is 10.2 Å². The largest absolute Gasteiger partial charge is 0.454 e. The summed E-state index contributed by atoms with van der Waals surface area (Å²) >= 11 is 0. The van der Waals surface area contributed by atoms with E-state index in [2.05, 4.69) is 5.32 Å². The predicted molar refractivity (Wildman–Crippen MR) is 86.2 cm³/mol. The Balaban J connectivity index is 1.72. The van der Waals surface area contributed by atoms with E-state index in [-0.39, 0.29) is 17.7 Å². The number of rotatable bonds is 3. The van der Waals surface area contributed by atoms with E-state index in [0.29, 0.717) is 17.9 Å². The number of ether oxygens (including phenoxy) is 1. The zero-order valence-corrected chi connectivity index (χ0v) is 13.3. The number of hydrogen-bond donors (Lipinski definition) is 1. The molecule has 1 heterocycles. The Hall–Kier alpha value is -2.47. The van der Waals surface area contributed by atoms with Gasteiger partial charge in [-0.3, -0.25) is 4.79 Å². The maximum absolute atomic E-state index is 13.6. The quantitative estimate of drug-likeness (QED) is 0.938. The molecule has 1 unspecified atom stereocenters. The second-order valence-corrected chi connectivity index (χ2v) is 5.75. The van der Waals surface area contributed by atoms with Crippen LogP contribution in [-0.2, 0) is 0 Å².